The molecule has 0 radical (unpaired) electrons. The molecular formula is C17H17NO3. The maximum absolute atomic E-state index is 9.87. The van der Waals surface area contributed by atoms with E-state index in [9.17, 15) is 5.11 Å². The van der Waals surface area contributed by atoms with Gasteiger partial charge in [0.1, 0.15) is 11.5 Å². The molecule has 3 unspecified atom stereocenters. The second-order valence-corrected chi connectivity index (χ2v) is 5.70. The van der Waals surface area contributed by atoms with Crippen LogP contribution in [0.2, 0.25) is 0 Å². The first kappa shape index (κ1) is 12.5. The number of nitrogens with zero attached hydrogens (tertiary/aromatic N) is 1. The Morgan fingerprint density at radius 3 is 3.10 bits per heavy atom. The van der Waals surface area contributed by atoms with Crippen LogP contribution in [0.3, 0.4) is 0 Å². The summed E-state index contributed by atoms with van der Waals surface area (Å²) in [5, 5.41) is 9.87. The van der Waals surface area contributed by atoms with Crippen molar-refractivity contribution < 1.29 is 14.6 Å². The molecule has 0 aromatic rings. The molecule has 0 aromatic heterocycles. The van der Waals surface area contributed by atoms with Crippen molar-refractivity contribution in [1.82, 2.24) is 4.90 Å². The molecule has 2 aliphatic carbocycles. The molecule has 4 aliphatic rings. The zero-order valence-electron chi connectivity index (χ0n) is 12.0. The predicted molar refractivity (Wildman–Crippen MR) is 78.4 cm³/mol. The number of allylic oxidation sites excluding steroid dienone is 5. The molecule has 4 heteroatoms. The van der Waals surface area contributed by atoms with Gasteiger partial charge in [0, 0.05) is 13.2 Å². The van der Waals surface area contributed by atoms with Gasteiger partial charge in [0.15, 0.2) is 5.88 Å². The van der Waals surface area contributed by atoms with Crippen molar-refractivity contribution in [3.8, 4) is 0 Å². The lowest BCUT2D eigenvalue weighted by atomic mass is 9.68. The monoisotopic (exact) mass is 283 g/mol. The lowest BCUT2D eigenvalue weighted by Crippen LogP contribution is -2.28. The number of hydrogen-bond donors (Lipinski definition) is 1. The molecular weight excluding hydrogens is 266 g/mol. The van der Waals surface area contributed by atoms with E-state index in [-0.39, 0.29) is 5.92 Å². The highest BCUT2D eigenvalue weighted by atomic mass is 16.5. The summed E-state index contributed by atoms with van der Waals surface area (Å²) in [5.41, 5.74) is 0.750. The summed E-state index contributed by atoms with van der Waals surface area (Å²) in [6, 6.07) is 0. The number of aliphatic hydroxyl groups excluding tert-OH is 1. The maximum Gasteiger partial charge on any atom is 0.190 e. The van der Waals surface area contributed by atoms with Crippen molar-refractivity contribution in [2.24, 2.45) is 11.3 Å². The fourth-order valence-electron chi connectivity index (χ4n) is 3.51. The van der Waals surface area contributed by atoms with E-state index >= 15 is 0 Å². The highest BCUT2D eigenvalue weighted by Crippen LogP contribution is 2.57. The largest absolute Gasteiger partial charge is 0.482 e. The fraction of sp³-hybridized carbons (Fsp3) is 0.294. The summed E-state index contributed by atoms with van der Waals surface area (Å²) in [7, 11) is 3.64. The van der Waals surface area contributed by atoms with Crippen LogP contribution in [0.25, 0.3) is 0 Å². The van der Waals surface area contributed by atoms with Crippen LogP contribution in [0.5, 0.6) is 0 Å². The molecule has 1 saturated heterocycles. The highest BCUT2D eigenvalue weighted by molar-refractivity contribution is 5.52. The van der Waals surface area contributed by atoms with Crippen molar-refractivity contribution in [3.05, 3.63) is 71.7 Å². The normalized spacial score (nSPS) is 35.7. The van der Waals surface area contributed by atoms with E-state index in [1.807, 2.05) is 30.2 Å². The van der Waals surface area contributed by atoms with Crippen LogP contribution in [-0.2, 0) is 9.47 Å². The molecule has 4 nitrogen and oxygen atoms in total. The standard InChI is InChI=1S/C17H17NO3/c1-18-10-11-4-3-5-13-16(11)17(9-15(18)20-2)7-6-12(19)8-14(17)21-13/h3-10,12,16,19H,1-2H3. The summed E-state index contributed by atoms with van der Waals surface area (Å²) in [4.78, 5) is 1.98. The summed E-state index contributed by atoms with van der Waals surface area (Å²) >= 11 is 0. The van der Waals surface area contributed by atoms with Gasteiger partial charge in [-0.2, -0.15) is 0 Å². The molecule has 21 heavy (non-hydrogen) atoms. The molecule has 2 heterocycles. The van der Waals surface area contributed by atoms with Crippen molar-refractivity contribution in [3.63, 3.8) is 0 Å². The summed E-state index contributed by atoms with van der Waals surface area (Å²) in [6.45, 7) is 0. The van der Waals surface area contributed by atoms with Gasteiger partial charge in [-0.05, 0) is 23.8 Å². The zero-order chi connectivity index (χ0) is 14.6. The zero-order valence-corrected chi connectivity index (χ0v) is 12.0. The van der Waals surface area contributed by atoms with Crippen molar-refractivity contribution in [2.75, 3.05) is 14.2 Å². The van der Waals surface area contributed by atoms with Crippen LogP contribution in [0, 0.1) is 11.3 Å². The van der Waals surface area contributed by atoms with Gasteiger partial charge in [-0.25, -0.2) is 0 Å². The molecule has 4 rings (SSSR count). The van der Waals surface area contributed by atoms with E-state index in [0.29, 0.717) is 0 Å². The average Bonchev–Trinajstić information content (AvgIpc) is 2.72. The Hall–Kier alpha value is -2.20. The van der Waals surface area contributed by atoms with Crippen LogP contribution >= 0.6 is 0 Å². The third-order valence-corrected chi connectivity index (χ3v) is 4.45. The molecule has 3 atom stereocenters. The van der Waals surface area contributed by atoms with Crippen molar-refractivity contribution >= 4 is 0 Å². The lowest BCUT2D eigenvalue weighted by Gasteiger charge is -2.30. The van der Waals surface area contributed by atoms with E-state index < -0.39 is 11.5 Å². The van der Waals surface area contributed by atoms with Crippen LogP contribution in [-0.4, -0.2) is 30.3 Å². The minimum Gasteiger partial charge on any atom is -0.482 e. The quantitative estimate of drug-likeness (QED) is 0.749. The Bertz CT molecular complexity index is 680. The third-order valence-electron chi connectivity index (χ3n) is 4.45. The summed E-state index contributed by atoms with van der Waals surface area (Å²) < 4.78 is 11.6. The van der Waals surface area contributed by atoms with Gasteiger partial charge in [-0.3, -0.25) is 0 Å². The molecule has 108 valence electrons. The molecule has 0 saturated carbocycles. The molecule has 0 bridgehead atoms. The van der Waals surface area contributed by atoms with Crippen LogP contribution in [0.15, 0.2) is 71.7 Å². The Morgan fingerprint density at radius 2 is 2.29 bits per heavy atom. The fourth-order valence-corrected chi connectivity index (χ4v) is 3.51. The predicted octanol–water partition coefficient (Wildman–Crippen LogP) is 2.20. The number of rotatable bonds is 1. The first-order chi connectivity index (χ1) is 10.1. The van der Waals surface area contributed by atoms with Crippen LogP contribution in [0.1, 0.15) is 0 Å². The number of hydrogen-bond acceptors (Lipinski definition) is 4. The average molecular weight is 283 g/mol. The van der Waals surface area contributed by atoms with Gasteiger partial charge in [-0.15, -0.1) is 0 Å². The summed E-state index contributed by atoms with van der Waals surface area (Å²) in [5.74, 6) is 2.54. The van der Waals surface area contributed by atoms with Gasteiger partial charge in [-0.1, -0.05) is 24.3 Å². The SMILES string of the molecule is COC1=CC23C=CC(O)C=C2OC2=CC=CC(=CN1C)C23. The van der Waals surface area contributed by atoms with Crippen LogP contribution < -0.4 is 0 Å². The van der Waals surface area contributed by atoms with E-state index in [1.165, 1.54) is 5.57 Å². The first-order valence-electron chi connectivity index (χ1n) is 7.01. The van der Waals surface area contributed by atoms with E-state index in [1.54, 1.807) is 19.3 Å². The molecule has 1 spiro atoms. The second kappa shape index (κ2) is 4.15. The van der Waals surface area contributed by atoms with Gasteiger partial charge < -0.3 is 19.5 Å². The topological polar surface area (TPSA) is 41.9 Å². The third kappa shape index (κ3) is 1.59. The summed E-state index contributed by atoms with van der Waals surface area (Å²) in [6.07, 6.45) is 15.2. The van der Waals surface area contributed by atoms with E-state index in [0.717, 1.165) is 17.4 Å². The Kier molecular flexibility index (Phi) is 2.48. The molecule has 1 N–H and O–H groups in total. The van der Waals surface area contributed by atoms with E-state index in [4.69, 9.17) is 9.47 Å². The smallest absolute Gasteiger partial charge is 0.190 e. The van der Waals surface area contributed by atoms with Gasteiger partial charge in [0.05, 0.1) is 24.5 Å². The molecule has 1 fully saturated rings. The first-order valence-corrected chi connectivity index (χ1v) is 7.01. The second-order valence-electron chi connectivity index (χ2n) is 5.70. The minimum atomic E-state index is -0.604. The number of methoxy groups -OCH3 is 1. The molecule has 0 aromatic carbocycles. The molecule has 2 aliphatic heterocycles. The van der Waals surface area contributed by atoms with Crippen molar-refractivity contribution in [1.29, 1.82) is 0 Å². The highest BCUT2D eigenvalue weighted by Gasteiger charge is 2.53. The van der Waals surface area contributed by atoms with Gasteiger partial charge >= 0.3 is 0 Å². The van der Waals surface area contributed by atoms with E-state index in [2.05, 4.69) is 18.4 Å². The Labute approximate surface area is 123 Å². The van der Waals surface area contributed by atoms with Crippen LogP contribution in [0.4, 0.5) is 0 Å². The Morgan fingerprint density at radius 1 is 1.43 bits per heavy atom. The number of aliphatic hydroxyl groups is 1. The minimum absolute atomic E-state index is 0.0904. The lowest BCUT2D eigenvalue weighted by molar-refractivity contribution is 0.199. The van der Waals surface area contributed by atoms with Gasteiger partial charge in [0.25, 0.3) is 0 Å². The maximum atomic E-state index is 9.87. The number of ether oxygens (including phenoxy) is 2. The van der Waals surface area contributed by atoms with Gasteiger partial charge in [0.2, 0.25) is 0 Å². The van der Waals surface area contributed by atoms with Crippen molar-refractivity contribution in [2.45, 2.75) is 6.10 Å². The Balaban J connectivity index is 1.98. The molecule has 0 amide bonds.